The molecule has 0 fully saturated rings. The van der Waals surface area contributed by atoms with E-state index in [-0.39, 0.29) is 5.75 Å². The zero-order valence-corrected chi connectivity index (χ0v) is 13.0. The van der Waals surface area contributed by atoms with E-state index in [9.17, 15) is 10.2 Å². The third-order valence-electron chi connectivity index (χ3n) is 3.42. The number of aromatic hydroxyl groups is 1. The summed E-state index contributed by atoms with van der Waals surface area (Å²) >= 11 is 1.14. The molecule has 1 aliphatic rings. The first-order chi connectivity index (χ1) is 10.5. The average Bonchev–Trinajstić information content (AvgIpc) is 2.92. The summed E-state index contributed by atoms with van der Waals surface area (Å²) in [6.07, 6.45) is 0. The molecular weight excluding hydrogens is 300 g/mol. The highest BCUT2D eigenvalue weighted by Gasteiger charge is 2.39. The molecule has 0 amide bonds. The van der Waals surface area contributed by atoms with Crippen LogP contribution in [-0.4, -0.2) is 22.4 Å². The van der Waals surface area contributed by atoms with Crippen LogP contribution in [0.25, 0.3) is 0 Å². The van der Waals surface area contributed by atoms with Gasteiger partial charge in [-0.05, 0) is 36.9 Å². The van der Waals surface area contributed by atoms with E-state index in [1.165, 1.54) is 13.2 Å². The average molecular weight is 316 g/mol. The lowest BCUT2D eigenvalue weighted by Gasteiger charge is -2.22. The van der Waals surface area contributed by atoms with Crippen LogP contribution in [0.3, 0.4) is 0 Å². The number of hydrogen-bond acceptors (Lipinski definition) is 6. The molecule has 114 valence electrons. The lowest BCUT2D eigenvalue weighted by Crippen LogP contribution is -2.32. The standard InChI is InChI=1S/C16H16N2O3S/c1-10-3-5-11(6-4-10)15-17-18-16(20,22-15)13-9-12(21-2)7-8-14(13)19/h3-9,18-20H,1-2H3. The molecule has 1 aliphatic heterocycles. The molecule has 5 nitrogen and oxygen atoms in total. The molecule has 0 aliphatic carbocycles. The van der Waals surface area contributed by atoms with Crippen LogP contribution in [0.2, 0.25) is 0 Å². The van der Waals surface area contributed by atoms with Crippen LogP contribution < -0.4 is 10.2 Å². The van der Waals surface area contributed by atoms with E-state index in [4.69, 9.17) is 4.74 Å². The van der Waals surface area contributed by atoms with Gasteiger partial charge in [0.05, 0.1) is 12.7 Å². The number of aliphatic hydroxyl groups is 1. The van der Waals surface area contributed by atoms with Gasteiger partial charge in [0.2, 0.25) is 5.06 Å². The number of nitrogens with one attached hydrogen (secondary N) is 1. The smallest absolute Gasteiger partial charge is 0.236 e. The molecular formula is C16H16N2O3S. The molecule has 1 heterocycles. The molecule has 3 N–H and O–H groups in total. The first kappa shape index (κ1) is 14.7. The van der Waals surface area contributed by atoms with Gasteiger partial charge in [0.1, 0.15) is 16.5 Å². The van der Waals surface area contributed by atoms with Gasteiger partial charge in [0.25, 0.3) is 0 Å². The zero-order valence-electron chi connectivity index (χ0n) is 12.2. The van der Waals surface area contributed by atoms with Gasteiger partial charge in [-0.2, -0.15) is 5.10 Å². The fourth-order valence-corrected chi connectivity index (χ4v) is 3.15. The highest BCUT2D eigenvalue weighted by atomic mass is 32.2. The summed E-state index contributed by atoms with van der Waals surface area (Å²) in [6, 6.07) is 12.6. The Balaban J connectivity index is 1.90. The minimum Gasteiger partial charge on any atom is -0.507 e. The van der Waals surface area contributed by atoms with Crippen molar-refractivity contribution in [1.82, 2.24) is 5.43 Å². The number of hydrazone groups is 1. The molecule has 22 heavy (non-hydrogen) atoms. The van der Waals surface area contributed by atoms with E-state index in [1.54, 1.807) is 12.1 Å². The van der Waals surface area contributed by atoms with Crippen LogP contribution in [0.1, 0.15) is 16.7 Å². The second-order valence-electron chi connectivity index (χ2n) is 5.02. The molecule has 0 aromatic heterocycles. The van der Waals surface area contributed by atoms with Gasteiger partial charge in [0.15, 0.2) is 0 Å². The molecule has 1 atom stereocenters. The Labute approximate surface area is 132 Å². The molecule has 2 aromatic rings. The number of rotatable bonds is 3. The second kappa shape index (κ2) is 5.55. The largest absolute Gasteiger partial charge is 0.507 e. The number of benzene rings is 2. The third kappa shape index (κ3) is 2.63. The van der Waals surface area contributed by atoms with Crippen molar-refractivity contribution in [2.45, 2.75) is 12.0 Å². The first-order valence-electron chi connectivity index (χ1n) is 6.72. The molecule has 3 rings (SSSR count). The molecule has 0 spiro atoms. The summed E-state index contributed by atoms with van der Waals surface area (Å²) in [5.41, 5.74) is 5.06. The van der Waals surface area contributed by atoms with Crippen molar-refractivity contribution >= 4 is 16.8 Å². The number of aryl methyl sites for hydroxylation is 1. The van der Waals surface area contributed by atoms with Crippen molar-refractivity contribution in [2.75, 3.05) is 7.11 Å². The molecule has 1 unspecified atom stereocenters. The van der Waals surface area contributed by atoms with E-state index in [2.05, 4.69) is 10.5 Å². The number of nitrogens with zero attached hydrogens (tertiary/aromatic N) is 1. The maximum absolute atomic E-state index is 10.8. The molecule has 0 bridgehead atoms. The highest BCUT2D eigenvalue weighted by Crippen LogP contribution is 2.42. The van der Waals surface area contributed by atoms with E-state index < -0.39 is 5.06 Å². The molecule has 0 radical (unpaired) electrons. The van der Waals surface area contributed by atoms with Crippen LogP contribution >= 0.6 is 11.8 Å². The lowest BCUT2D eigenvalue weighted by atomic mass is 10.1. The predicted molar refractivity (Wildman–Crippen MR) is 87.0 cm³/mol. The van der Waals surface area contributed by atoms with Gasteiger partial charge in [0, 0.05) is 5.56 Å². The van der Waals surface area contributed by atoms with Crippen molar-refractivity contribution < 1.29 is 14.9 Å². The van der Waals surface area contributed by atoms with Gasteiger partial charge in [-0.1, -0.05) is 29.8 Å². The van der Waals surface area contributed by atoms with Crippen molar-refractivity contribution in [3.8, 4) is 11.5 Å². The van der Waals surface area contributed by atoms with Crippen molar-refractivity contribution in [2.24, 2.45) is 5.10 Å². The van der Waals surface area contributed by atoms with E-state index >= 15 is 0 Å². The number of methoxy groups -OCH3 is 1. The van der Waals surface area contributed by atoms with Crippen LogP contribution in [0.15, 0.2) is 47.6 Å². The number of hydrogen-bond donors (Lipinski definition) is 3. The van der Waals surface area contributed by atoms with Crippen molar-refractivity contribution in [1.29, 1.82) is 0 Å². The summed E-state index contributed by atoms with van der Waals surface area (Å²) in [7, 11) is 1.53. The Bertz CT molecular complexity index is 731. The highest BCUT2D eigenvalue weighted by molar-refractivity contribution is 8.15. The zero-order chi connectivity index (χ0) is 15.7. The predicted octanol–water partition coefficient (Wildman–Crippen LogP) is 2.51. The van der Waals surface area contributed by atoms with Crippen LogP contribution in [0.4, 0.5) is 0 Å². The number of phenols is 1. The number of ether oxygens (including phenoxy) is 1. The van der Waals surface area contributed by atoms with Gasteiger partial charge >= 0.3 is 0 Å². The van der Waals surface area contributed by atoms with Gasteiger partial charge in [-0.3, -0.25) is 5.43 Å². The first-order valence-corrected chi connectivity index (χ1v) is 7.54. The summed E-state index contributed by atoms with van der Waals surface area (Å²) in [4.78, 5) is 0. The minimum absolute atomic E-state index is 0.0244. The second-order valence-corrected chi connectivity index (χ2v) is 6.21. The summed E-state index contributed by atoms with van der Waals surface area (Å²) in [6.45, 7) is 2.01. The van der Waals surface area contributed by atoms with Crippen LogP contribution in [0.5, 0.6) is 11.5 Å². The van der Waals surface area contributed by atoms with E-state index in [0.29, 0.717) is 16.4 Å². The fourth-order valence-electron chi connectivity index (χ4n) is 2.16. The Morgan fingerprint density at radius 2 is 1.91 bits per heavy atom. The summed E-state index contributed by atoms with van der Waals surface area (Å²) in [5.74, 6) is 0.524. The summed E-state index contributed by atoms with van der Waals surface area (Å²) in [5, 5.41) is 24.1. The van der Waals surface area contributed by atoms with Gasteiger partial charge < -0.3 is 14.9 Å². The van der Waals surface area contributed by atoms with E-state index in [1.807, 2.05) is 31.2 Å². The quantitative estimate of drug-likeness (QED) is 0.811. The molecule has 0 saturated carbocycles. The Kier molecular flexibility index (Phi) is 3.72. The maximum Gasteiger partial charge on any atom is 0.236 e. The normalized spacial score (nSPS) is 20.4. The maximum atomic E-state index is 10.8. The SMILES string of the molecule is COc1ccc(O)c(C2(O)NN=C(c3ccc(C)cc3)S2)c1. The van der Waals surface area contributed by atoms with Crippen molar-refractivity contribution in [3.05, 3.63) is 59.2 Å². The fraction of sp³-hybridized carbons (Fsp3) is 0.188. The third-order valence-corrected chi connectivity index (χ3v) is 4.55. The molecule has 2 aromatic carbocycles. The Morgan fingerprint density at radius 1 is 1.18 bits per heavy atom. The Morgan fingerprint density at radius 3 is 2.59 bits per heavy atom. The minimum atomic E-state index is -1.53. The number of thioether (sulfide) groups is 1. The number of phenolic OH excluding ortho intramolecular Hbond substituents is 1. The monoisotopic (exact) mass is 316 g/mol. The van der Waals surface area contributed by atoms with Gasteiger partial charge in [-0.15, -0.1) is 0 Å². The summed E-state index contributed by atoms with van der Waals surface area (Å²) < 4.78 is 5.14. The van der Waals surface area contributed by atoms with Gasteiger partial charge in [-0.25, -0.2) is 0 Å². The van der Waals surface area contributed by atoms with Crippen LogP contribution in [0, 0.1) is 6.92 Å². The van der Waals surface area contributed by atoms with Crippen LogP contribution in [-0.2, 0) is 5.06 Å². The van der Waals surface area contributed by atoms with E-state index in [0.717, 1.165) is 22.9 Å². The molecule has 0 saturated heterocycles. The van der Waals surface area contributed by atoms with Crippen molar-refractivity contribution in [3.63, 3.8) is 0 Å². The molecule has 6 heteroatoms. The lowest BCUT2D eigenvalue weighted by molar-refractivity contribution is 0.102. The topological polar surface area (TPSA) is 74.1 Å². The Hall–Kier alpha value is -2.18.